The molecule has 1 fully saturated rings. The highest BCUT2D eigenvalue weighted by molar-refractivity contribution is 8.13. The summed E-state index contributed by atoms with van der Waals surface area (Å²) >= 11 is 0. The molecular weight excluding hydrogens is 334 g/mol. The molecule has 1 saturated heterocycles. The van der Waals surface area contributed by atoms with Crippen LogP contribution in [-0.2, 0) is 13.8 Å². The maximum Gasteiger partial charge on any atom is 0.232 e. The van der Waals surface area contributed by atoms with E-state index < -0.39 is 9.05 Å². The fourth-order valence-corrected chi connectivity index (χ4v) is 4.54. The SMILES string of the molecule is CC(c1ccc2ccccc2c1)N1CC(CS(=O)(=O)Cl)CC1=O. The Morgan fingerprint density at radius 3 is 2.61 bits per heavy atom. The van der Waals surface area contributed by atoms with E-state index in [1.54, 1.807) is 4.90 Å². The van der Waals surface area contributed by atoms with Crippen molar-refractivity contribution in [2.75, 3.05) is 12.3 Å². The Morgan fingerprint density at radius 1 is 1.22 bits per heavy atom. The zero-order valence-corrected chi connectivity index (χ0v) is 14.3. The molecule has 2 aromatic carbocycles. The van der Waals surface area contributed by atoms with Crippen LogP contribution in [0, 0.1) is 5.92 Å². The van der Waals surface area contributed by atoms with Gasteiger partial charge < -0.3 is 4.90 Å². The fourth-order valence-electron chi connectivity index (χ4n) is 3.22. The van der Waals surface area contributed by atoms with Gasteiger partial charge in [0.05, 0.1) is 11.8 Å². The van der Waals surface area contributed by atoms with Gasteiger partial charge in [-0.05, 0) is 29.3 Å². The van der Waals surface area contributed by atoms with Crippen molar-refractivity contribution in [3.05, 3.63) is 48.0 Å². The average molecular weight is 352 g/mol. The van der Waals surface area contributed by atoms with Crippen LogP contribution in [0.25, 0.3) is 10.8 Å². The standard InChI is InChI=1S/C17H18ClNO3S/c1-12(15-7-6-14-4-2-3-5-16(14)9-15)19-10-13(8-17(19)20)11-23(18,21)22/h2-7,9,12-13H,8,10-11H2,1H3. The number of nitrogens with zero attached hydrogens (tertiary/aromatic N) is 1. The second kappa shape index (κ2) is 6.13. The molecule has 23 heavy (non-hydrogen) atoms. The molecule has 2 atom stereocenters. The number of benzene rings is 2. The monoisotopic (exact) mass is 351 g/mol. The summed E-state index contributed by atoms with van der Waals surface area (Å²) in [6.45, 7) is 2.40. The molecule has 0 bridgehead atoms. The van der Waals surface area contributed by atoms with Crippen LogP contribution < -0.4 is 0 Å². The van der Waals surface area contributed by atoms with Crippen molar-refractivity contribution in [3.8, 4) is 0 Å². The van der Waals surface area contributed by atoms with Crippen molar-refractivity contribution in [2.45, 2.75) is 19.4 Å². The molecular formula is C17H18ClNO3S. The van der Waals surface area contributed by atoms with Gasteiger partial charge >= 0.3 is 0 Å². The Balaban J connectivity index is 1.81. The number of likely N-dealkylation sites (tertiary alicyclic amines) is 1. The van der Waals surface area contributed by atoms with Crippen LogP contribution in [-0.4, -0.2) is 31.5 Å². The molecule has 3 rings (SSSR count). The van der Waals surface area contributed by atoms with Crippen LogP contribution in [0.2, 0.25) is 0 Å². The minimum Gasteiger partial charge on any atom is -0.336 e. The van der Waals surface area contributed by atoms with Crippen LogP contribution in [0.3, 0.4) is 0 Å². The average Bonchev–Trinajstić information content (AvgIpc) is 2.84. The van der Waals surface area contributed by atoms with Crippen LogP contribution >= 0.6 is 10.7 Å². The summed E-state index contributed by atoms with van der Waals surface area (Å²) in [5.41, 5.74) is 1.05. The quantitative estimate of drug-likeness (QED) is 0.794. The van der Waals surface area contributed by atoms with E-state index in [0.29, 0.717) is 6.54 Å². The molecule has 1 aliphatic rings. The van der Waals surface area contributed by atoms with E-state index in [-0.39, 0.29) is 30.0 Å². The molecule has 2 unspecified atom stereocenters. The third-order valence-corrected chi connectivity index (χ3v) is 5.64. The first-order valence-corrected chi connectivity index (χ1v) is 10.0. The molecule has 4 nitrogen and oxygen atoms in total. The van der Waals surface area contributed by atoms with Crippen molar-refractivity contribution in [1.82, 2.24) is 4.90 Å². The Morgan fingerprint density at radius 2 is 1.91 bits per heavy atom. The predicted molar refractivity (Wildman–Crippen MR) is 91.8 cm³/mol. The lowest BCUT2D eigenvalue weighted by Crippen LogP contribution is -2.29. The first-order valence-electron chi connectivity index (χ1n) is 7.54. The largest absolute Gasteiger partial charge is 0.336 e. The molecule has 1 amide bonds. The van der Waals surface area contributed by atoms with Crippen LogP contribution in [0.5, 0.6) is 0 Å². The highest BCUT2D eigenvalue weighted by Crippen LogP contribution is 2.31. The summed E-state index contributed by atoms with van der Waals surface area (Å²) in [5.74, 6) is -0.398. The number of hydrogen-bond acceptors (Lipinski definition) is 3. The zero-order chi connectivity index (χ0) is 16.6. The lowest BCUT2D eigenvalue weighted by molar-refractivity contribution is -0.129. The normalized spacial score (nSPS) is 20.2. The highest BCUT2D eigenvalue weighted by Gasteiger charge is 2.35. The predicted octanol–water partition coefficient (Wildman–Crippen LogP) is 3.32. The second-order valence-corrected chi connectivity index (χ2v) is 8.93. The van der Waals surface area contributed by atoms with Crippen molar-refractivity contribution in [2.24, 2.45) is 5.92 Å². The lowest BCUT2D eigenvalue weighted by Gasteiger charge is -2.25. The molecule has 6 heteroatoms. The number of carbonyl (C=O) groups excluding carboxylic acids is 1. The van der Waals surface area contributed by atoms with Crippen molar-refractivity contribution < 1.29 is 13.2 Å². The van der Waals surface area contributed by atoms with Crippen LogP contribution in [0.4, 0.5) is 0 Å². The molecule has 122 valence electrons. The van der Waals surface area contributed by atoms with Gasteiger partial charge in [0.15, 0.2) is 0 Å². The smallest absolute Gasteiger partial charge is 0.232 e. The van der Waals surface area contributed by atoms with Gasteiger partial charge in [-0.25, -0.2) is 8.42 Å². The zero-order valence-electron chi connectivity index (χ0n) is 12.8. The number of rotatable bonds is 4. The van der Waals surface area contributed by atoms with E-state index in [1.807, 2.05) is 43.3 Å². The molecule has 0 radical (unpaired) electrons. The van der Waals surface area contributed by atoms with Gasteiger partial charge in [0.25, 0.3) is 0 Å². The number of carbonyl (C=O) groups is 1. The second-order valence-electron chi connectivity index (χ2n) is 6.10. The van der Waals surface area contributed by atoms with Crippen molar-refractivity contribution >= 4 is 36.4 Å². The number of amides is 1. The van der Waals surface area contributed by atoms with Crippen molar-refractivity contribution in [1.29, 1.82) is 0 Å². The van der Waals surface area contributed by atoms with Gasteiger partial charge in [0, 0.05) is 29.6 Å². The molecule has 1 heterocycles. The van der Waals surface area contributed by atoms with Gasteiger partial charge in [-0.2, -0.15) is 0 Å². The van der Waals surface area contributed by atoms with Gasteiger partial charge in [-0.1, -0.05) is 36.4 Å². The highest BCUT2D eigenvalue weighted by atomic mass is 35.7. The Labute approximate surface area is 140 Å². The third kappa shape index (κ3) is 3.67. The number of hydrogen-bond donors (Lipinski definition) is 0. The molecule has 0 saturated carbocycles. The number of halogens is 1. The summed E-state index contributed by atoms with van der Waals surface area (Å²) in [6.07, 6.45) is 0.240. The third-order valence-electron chi connectivity index (χ3n) is 4.40. The van der Waals surface area contributed by atoms with E-state index in [1.165, 1.54) is 0 Å². The van der Waals surface area contributed by atoms with E-state index in [9.17, 15) is 13.2 Å². The minimum atomic E-state index is -3.58. The van der Waals surface area contributed by atoms with Gasteiger partial charge in [0.1, 0.15) is 0 Å². The Hall–Kier alpha value is -1.59. The molecule has 0 aromatic heterocycles. The van der Waals surface area contributed by atoms with E-state index >= 15 is 0 Å². The first-order chi connectivity index (χ1) is 10.8. The van der Waals surface area contributed by atoms with Gasteiger partial charge in [-0.3, -0.25) is 4.79 Å². The Kier molecular flexibility index (Phi) is 4.34. The maximum absolute atomic E-state index is 12.2. The Bertz CT molecular complexity index is 850. The minimum absolute atomic E-state index is 0.0176. The number of fused-ring (bicyclic) bond motifs is 1. The molecule has 1 aliphatic heterocycles. The van der Waals surface area contributed by atoms with E-state index in [2.05, 4.69) is 6.07 Å². The van der Waals surface area contributed by atoms with E-state index in [0.717, 1.165) is 16.3 Å². The summed E-state index contributed by atoms with van der Waals surface area (Å²) < 4.78 is 22.4. The molecule has 0 spiro atoms. The summed E-state index contributed by atoms with van der Waals surface area (Å²) in [6, 6.07) is 14.1. The summed E-state index contributed by atoms with van der Waals surface area (Å²) in [4.78, 5) is 14.0. The summed E-state index contributed by atoms with van der Waals surface area (Å²) in [7, 11) is 1.73. The van der Waals surface area contributed by atoms with Crippen molar-refractivity contribution in [3.63, 3.8) is 0 Å². The van der Waals surface area contributed by atoms with Gasteiger partial charge in [-0.15, -0.1) is 0 Å². The molecule has 0 N–H and O–H groups in total. The van der Waals surface area contributed by atoms with E-state index in [4.69, 9.17) is 10.7 Å². The first kappa shape index (κ1) is 16.3. The molecule has 2 aromatic rings. The topological polar surface area (TPSA) is 54.5 Å². The molecule has 0 aliphatic carbocycles. The fraction of sp³-hybridized carbons (Fsp3) is 0.353. The van der Waals surface area contributed by atoms with Crippen LogP contribution in [0.1, 0.15) is 24.9 Å². The van der Waals surface area contributed by atoms with Crippen LogP contribution in [0.15, 0.2) is 42.5 Å². The van der Waals surface area contributed by atoms with Gasteiger partial charge in [0.2, 0.25) is 15.0 Å². The lowest BCUT2D eigenvalue weighted by atomic mass is 10.0. The maximum atomic E-state index is 12.2. The summed E-state index contributed by atoms with van der Waals surface area (Å²) in [5, 5.41) is 2.28.